The summed E-state index contributed by atoms with van der Waals surface area (Å²) in [5, 5.41) is 0. The summed E-state index contributed by atoms with van der Waals surface area (Å²) in [6, 6.07) is 14.9. The van der Waals surface area contributed by atoms with Gasteiger partial charge in [0, 0.05) is 27.5 Å². The highest BCUT2D eigenvalue weighted by Gasteiger charge is 2.27. The summed E-state index contributed by atoms with van der Waals surface area (Å²) in [4.78, 5) is 13.9. The van der Waals surface area contributed by atoms with Crippen molar-refractivity contribution in [2.24, 2.45) is 0 Å². The van der Waals surface area contributed by atoms with Gasteiger partial charge in [-0.2, -0.15) is 0 Å². The van der Waals surface area contributed by atoms with Crippen LogP contribution in [0.2, 0.25) is 0 Å². The van der Waals surface area contributed by atoms with Crippen LogP contribution in [-0.4, -0.2) is 11.8 Å². The standard InChI is InChI=1S/C17H16BrNO/c1-11-9-13-5-3-4-6-17(13)19(11)14-7-8-15(12(2)20)16(18)10-14/h3-8,10-11H,9H2,1-2H3. The van der Waals surface area contributed by atoms with Crippen molar-refractivity contribution in [2.45, 2.75) is 26.3 Å². The summed E-state index contributed by atoms with van der Waals surface area (Å²) >= 11 is 3.51. The van der Waals surface area contributed by atoms with Gasteiger partial charge in [0.25, 0.3) is 0 Å². The molecular weight excluding hydrogens is 314 g/mol. The third-order valence-electron chi connectivity index (χ3n) is 3.82. The summed E-state index contributed by atoms with van der Waals surface area (Å²) < 4.78 is 0.860. The summed E-state index contributed by atoms with van der Waals surface area (Å²) in [6.45, 7) is 3.82. The minimum Gasteiger partial charge on any atom is -0.338 e. The molecular formula is C17H16BrNO. The van der Waals surface area contributed by atoms with Crippen LogP contribution in [0.5, 0.6) is 0 Å². The van der Waals surface area contributed by atoms with Gasteiger partial charge in [0.1, 0.15) is 0 Å². The molecule has 0 N–H and O–H groups in total. The first-order valence-corrected chi connectivity index (χ1v) is 7.55. The van der Waals surface area contributed by atoms with Crippen LogP contribution in [0.3, 0.4) is 0 Å². The van der Waals surface area contributed by atoms with E-state index in [-0.39, 0.29) is 5.78 Å². The predicted octanol–water partition coefficient (Wildman–Crippen LogP) is 4.73. The highest BCUT2D eigenvalue weighted by Crippen LogP contribution is 2.39. The molecule has 0 spiro atoms. The normalized spacial score (nSPS) is 17.1. The Bertz CT molecular complexity index is 680. The number of carbonyl (C=O) groups is 1. The SMILES string of the molecule is CC(=O)c1ccc(N2c3ccccc3CC2C)cc1Br. The molecule has 1 aliphatic rings. The number of carbonyl (C=O) groups excluding carboxylic acids is 1. The molecule has 20 heavy (non-hydrogen) atoms. The van der Waals surface area contributed by atoms with Gasteiger partial charge in [-0.15, -0.1) is 0 Å². The van der Waals surface area contributed by atoms with Crippen LogP contribution in [-0.2, 0) is 6.42 Å². The van der Waals surface area contributed by atoms with Gasteiger partial charge in [0.15, 0.2) is 5.78 Å². The molecule has 2 aromatic carbocycles. The van der Waals surface area contributed by atoms with E-state index in [9.17, 15) is 4.79 Å². The van der Waals surface area contributed by atoms with Crippen LogP contribution in [0.15, 0.2) is 46.9 Å². The fraction of sp³-hybridized carbons (Fsp3) is 0.235. The van der Waals surface area contributed by atoms with E-state index in [1.165, 1.54) is 11.3 Å². The summed E-state index contributed by atoms with van der Waals surface area (Å²) in [5.41, 5.74) is 4.50. The first-order chi connectivity index (χ1) is 9.58. The Hall–Kier alpha value is -1.61. The number of ketones is 1. The van der Waals surface area contributed by atoms with Crippen LogP contribution < -0.4 is 4.90 Å². The van der Waals surface area contributed by atoms with Crippen molar-refractivity contribution < 1.29 is 4.79 Å². The van der Waals surface area contributed by atoms with Gasteiger partial charge in [-0.3, -0.25) is 4.79 Å². The average molecular weight is 330 g/mol. The van der Waals surface area contributed by atoms with Crippen molar-refractivity contribution in [3.05, 3.63) is 58.1 Å². The molecule has 3 heteroatoms. The maximum Gasteiger partial charge on any atom is 0.160 e. The summed E-state index contributed by atoms with van der Waals surface area (Å²) in [7, 11) is 0. The van der Waals surface area contributed by atoms with Crippen molar-refractivity contribution in [3.8, 4) is 0 Å². The van der Waals surface area contributed by atoms with Crippen molar-refractivity contribution in [2.75, 3.05) is 4.90 Å². The fourth-order valence-electron chi connectivity index (χ4n) is 2.90. The minimum absolute atomic E-state index is 0.0818. The number of Topliss-reactive ketones (excluding diaryl/α,β-unsaturated/α-hetero) is 1. The molecule has 0 saturated heterocycles. The Morgan fingerprint density at radius 2 is 2.00 bits per heavy atom. The van der Waals surface area contributed by atoms with Crippen molar-refractivity contribution in [1.29, 1.82) is 0 Å². The number of rotatable bonds is 2. The molecule has 0 fully saturated rings. The smallest absolute Gasteiger partial charge is 0.160 e. The number of hydrogen-bond donors (Lipinski definition) is 0. The Labute approximate surface area is 127 Å². The summed E-state index contributed by atoms with van der Waals surface area (Å²) in [5.74, 6) is 0.0818. The molecule has 0 radical (unpaired) electrons. The zero-order valence-electron chi connectivity index (χ0n) is 11.6. The van der Waals surface area contributed by atoms with Crippen LogP contribution >= 0.6 is 15.9 Å². The van der Waals surface area contributed by atoms with E-state index in [2.05, 4.69) is 52.0 Å². The van der Waals surface area contributed by atoms with Crippen LogP contribution in [0, 0.1) is 0 Å². The second-order valence-corrected chi connectivity index (χ2v) is 6.13. The first kappa shape index (κ1) is 13.4. The maximum atomic E-state index is 11.5. The van der Waals surface area contributed by atoms with Crippen molar-refractivity contribution in [1.82, 2.24) is 0 Å². The Morgan fingerprint density at radius 3 is 2.70 bits per heavy atom. The number of fused-ring (bicyclic) bond motifs is 1. The molecule has 1 heterocycles. The molecule has 3 rings (SSSR count). The molecule has 0 aromatic heterocycles. The van der Waals surface area contributed by atoms with E-state index in [1.54, 1.807) is 6.92 Å². The molecule has 102 valence electrons. The fourth-order valence-corrected chi connectivity index (χ4v) is 3.54. The predicted molar refractivity (Wildman–Crippen MR) is 85.9 cm³/mol. The van der Waals surface area contributed by atoms with Crippen LogP contribution in [0.4, 0.5) is 11.4 Å². The van der Waals surface area contributed by atoms with E-state index in [4.69, 9.17) is 0 Å². The molecule has 0 saturated carbocycles. The van der Waals surface area contributed by atoms with Gasteiger partial charge >= 0.3 is 0 Å². The number of halogens is 1. The number of hydrogen-bond acceptors (Lipinski definition) is 2. The lowest BCUT2D eigenvalue weighted by atomic mass is 10.1. The van der Waals surface area contributed by atoms with Crippen LogP contribution in [0.1, 0.15) is 29.8 Å². The highest BCUT2D eigenvalue weighted by atomic mass is 79.9. The molecule has 2 aromatic rings. The zero-order valence-corrected chi connectivity index (χ0v) is 13.1. The van der Waals surface area contributed by atoms with E-state index in [1.807, 2.05) is 18.2 Å². The average Bonchev–Trinajstić information content (AvgIpc) is 2.73. The minimum atomic E-state index is 0.0818. The lowest BCUT2D eigenvalue weighted by molar-refractivity contribution is 0.101. The largest absolute Gasteiger partial charge is 0.338 e. The van der Waals surface area contributed by atoms with Gasteiger partial charge in [-0.1, -0.05) is 18.2 Å². The third kappa shape index (κ3) is 2.16. The Balaban J connectivity index is 2.06. The van der Waals surface area contributed by atoms with E-state index in [0.717, 1.165) is 22.1 Å². The van der Waals surface area contributed by atoms with Gasteiger partial charge in [-0.05, 0) is 66.0 Å². The molecule has 0 bridgehead atoms. The quantitative estimate of drug-likeness (QED) is 0.742. The summed E-state index contributed by atoms with van der Waals surface area (Å²) in [6.07, 6.45) is 1.06. The molecule has 0 aliphatic carbocycles. The Kier molecular flexibility index (Phi) is 3.38. The van der Waals surface area contributed by atoms with Crippen molar-refractivity contribution >= 4 is 33.1 Å². The lowest BCUT2D eigenvalue weighted by Gasteiger charge is -2.25. The third-order valence-corrected chi connectivity index (χ3v) is 4.47. The number of para-hydroxylation sites is 1. The van der Waals surface area contributed by atoms with Crippen LogP contribution in [0.25, 0.3) is 0 Å². The Morgan fingerprint density at radius 1 is 1.25 bits per heavy atom. The highest BCUT2D eigenvalue weighted by molar-refractivity contribution is 9.10. The van der Waals surface area contributed by atoms with E-state index in [0.29, 0.717) is 6.04 Å². The lowest BCUT2D eigenvalue weighted by Crippen LogP contribution is -2.23. The molecule has 0 amide bonds. The number of anilines is 2. The maximum absolute atomic E-state index is 11.5. The second-order valence-electron chi connectivity index (χ2n) is 5.27. The van der Waals surface area contributed by atoms with E-state index >= 15 is 0 Å². The number of nitrogens with zero attached hydrogens (tertiary/aromatic N) is 1. The molecule has 1 atom stereocenters. The first-order valence-electron chi connectivity index (χ1n) is 6.75. The van der Waals surface area contributed by atoms with Crippen molar-refractivity contribution in [3.63, 3.8) is 0 Å². The van der Waals surface area contributed by atoms with Gasteiger partial charge in [0.05, 0.1) is 0 Å². The molecule has 1 unspecified atom stereocenters. The van der Waals surface area contributed by atoms with Gasteiger partial charge in [-0.25, -0.2) is 0 Å². The zero-order chi connectivity index (χ0) is 14.3. The van der Waals surface area contributed by atoms with Gasteiger partial charge in [0.2, 0.25) is 0 Å². The van der Waals surface area contributed by atoms with Gasteiger partial charge < -0.3 is 4.90 Å². The topological polar surface area (TPSA) is 20.3 Å². The second kappa shape index (κ2) is 5.06. The monoisotopic (exact) mass is 329 g/mol. The number of benzene rings is 2. The van der Waals surface area contributed by atoms with E-state index < -0.39 is 0 Å². The molecule has 1 aliphatic heterocycles. The molecule has 2 nitrogen and oxygen atoms in total.